The molecule has 0 amide bonds. The molecule has 0 bridgehead atoms. The van der Waals surface area contributed by atoms with E-state index >= 15 is 0 Å². The molecule has 0 saturated carbocycles. The number of hydrogen-bond donors (Lipinski definition) is 1. The average molecular weight is 343 g/mol. The molecule has 1 aliphatic heterocycles. The van der Waals surface area contributed by atoms with Crippen LogP contribution in [0.25, 0.3) is 0 Å². The van der Waals surface area contributed by atoms with Crippen molar-refractivity contribution in [3.63, 3.8) is 0 Å². The maximum atomic E-state index is 13.0. The quantitative estimate of drug-likeness (QED) is 0.803. The summed E-state index contributed by atoms with van der Waals surface area (Å²) in [6.45, 7) is 3.44. The van der Waals surface area contributed by atoms with E-state index in [0.29, 0.717) is 5.56 Å². The van der Waals surface area contributed by atoms with Crippen LogP contribution in [0.15, 0.2) is 23.1 Å². The van der Waals surface area contributed by atoms with E-state index in [9.17, 15) is 18.3 Å². The van der Waals surface area contributed by atoms with E-state index in [0.717, 1.165) is 0 Å². The van der Waals surface area contributed by atoms with Crippen molar-refractivity contribution in [1.82, 2.24) is 4.31 Å². The lowest BCUT2D eigenvalue weighted by atomic mass is 10.1. The third-order valence-corrected chi connectivity index (χ3v) is 5.97. The summed E-state index contributed by atoms with van der Waals surface area (Å²) in [5, 5.41) is 9.23. The highest BCUT2D eigenvalue weighted by atomic mass is 32.2. The van der Waals surface area contributed by atoms with Crippen molar-refractivity contribution in [3.05, 3.63) is 29.3 Å². The van der Waals surface area contributed by atoms with Crippen molar-refractivity contribution in [2.45, 2.75) is 30.9 Å². The molecule has 1 aromatic rings. The fourth-order valence-corrected chi connectivity index (χ4v) is 4.39. The van der Waals surface area contributed by atoms with Gasteiger partial charge in [-0.25, -0.2) is 13.2 Å². The van der Waals surface area contributed by atoms with Gasteiger partial charge in [-0.3, -0.25) is 0 Å². The molecule has 128 valence electrons. The standard InChI is InChI=1S/C15H21NO6S/c1-10-4-5-12(15(18)21-3)6-14(10)23(19,20)16-7-13(8-17)22-9-11(16)2/h4-6,11,13,17H,7-9H2,1-3H3/t11-,13-/m0/s1. The topological polar surface area (TPSA) is 93.1 Å². The number of hydrogen-bond acceptors (Lipinski definition) is 6. The van der Waals surface area contributed by atoms with Gasteiger partial charge in [0.15, 0.2) is 0 Å². The maximum absolute atomic E-state index is 13.0. The minimum absolute atomic E-state index is 0.0610. The van der Waals surface area contributed by atoms with Crippen LogP contribution in [0.2, 0.25) is 0 Å². The van der Waals surface area contributed by atoms with Crippen molar-refractivity contribution in [2.24, 2.45) is 0 Å². The maximum Gasteiger partial charge on any atom is 0.337 e. The minimum atomic E-state index is -3.81. The Morgan fingerprint density at radius 2 is 2.17 bits per heavy atom. The predicted molar refractivity (Wildman–Crippen MR) is 82.7 cm³/mol. The van der Waals surface area contributed by atoms with Gasteiger partial charge >= 0.3 is 5.97 Å². The highest BCUT2D eigenvalue weighted by Crippen LogP contribution is 2.26. The van der Waals surface area contributed by atoms with Crippen molar-refractivity contribution < 1.29 is 27.8 Å². The van der Waals surface area contributed by atoms with Crippen LogP contribution in [0.1, 0.15) is 22.8 Å². The van der Waals surface area contributed by atoms with E-state index < -0.39 is 22.1 Å². The Bertz CT molecular complexity index is 687. The Hall–Kier alpha value is -1.48. The number of carbonyl (C=O) groups is 1. The minimum Gasteiger partial charge on any atom is -0.465 e. The van der Waals surface area contributed by atoms with Gasteiger partial charge in [-0.1, -0.05) is 6.07 Å². The molecule has 1 heterocycles. The third kappa shape index (κ3) is 3.55. The number of morpholine rings is 1. The molecule has 1 N–H and O–H groups in total. The van der Waals surface area contributed by atoms with Gasteiger partial charge in [-0.15, -0.1) is 0 Å². The zero-order valence-corrected chi connectivity index (χ0v) is 14.2. The summed E-state index contributed by atoms with van der Waals surface area (Å²) in [5.41, 5.74) is 0.716. The average Bonchev–Trinajstić information content (AvgIpc) is 2.54. The van der Waals surface area contributed by atoms with Crippen molar-refractivity contribution in [3.8, 4) is 0 Å². The molecule has 1 saturated heterocycles. The molecule has 7 nitrogen and oxygen atoms in total. The third-order valence-electron chi connectivity index (χ3n) is 3.85. The number of carbonyl (C=O) groups excluding carboxylic acids is 1. The van der Waals surface area contributed by atoms with Gasteiger partial charge < -0.3 is 14.6 Å². The smallest absolute Gasteiger partial charge is 0.337 e. The highest BCUT2D eigenvalue weighted by molar-refractivity contribution is 7.89. The lowest BCUT2D eigenvalue weighted by Crippen LogP contribution is -2.51. The molecule has 8 heteroatoms. The molecule has 2 atom stereocenters. The number of nitrogens with zero attached hydrogens (tertiary/aromatic N) is 1. The molecule has 1 aromatic carbocycles. The van der Waals surface area contributed by atoms with Crippen LogP contribution in [0.3, 0.4) is 0 Å². The zero-order valence-electron chi connectivity index (χ0n) is 13.4. The number of aliphatic hydroxyl groups is 1. The van der Waals surface area contributed by atoms with Gasteiger partial charge in [0.05, 0.1) is 36.9 Å². The first-order valence-electron chi connectivity index (χ1n) is 7.24. The summed E-state index contributed by atoms with van der Waals surface area (Å²) in [6.07, 6.45) is -0.551. The Morgan fingerprint density at radius 1 is 1.48 bits per heavy atom. The Morgan fingerprint density at radius 3 is 2.78 bits per heavy atom. The summed E-state index contributed by atoms with van der Waals surface area (Å²) in [7, 11) is -2.57. The number of sulfonamides is 1. The molecular weight excluding hydrogens is 322 g/mol. The lowest BCUT2D eigenvalue weighted by molar-refractivity contribution is -0.0516. The zero-order chi connectivity index (χ0) is 17.2. The Labute approximate surface area is 135 Å². The van der Waals surface area contributed by atoms with Gasteiger partial charge in [0.1, 0.15) is 0 Å². The first-order chi connectivity index (χ1) is 10.8. The van der Waals surface area contributed by atoms with E-state index in [-0.39, 0.29) is 36.3 Å². The second-order valence-electron chi connectivity index (χ2n) is 5.53. The molecule has 2 rings (SSSR count). The number of aryl methyl sites for hydroxylation is 1. The Kier molecular flexibility index (Phi) is 5.41. The summed E-state index contributed by atoms with van der Waals surface area (Å²) in [4.78, 5) is 11.7. The first-order valence-corrected chi connectivity index (χ1v) is 8.68. The monoisotopic (exact) mass is 343 g/mol. The number of methoxy groups -OCH3 is 1. The van der Waals surface area contributed by atoms with Crippen LogP contribution in [-0.4, -0.2) is 62.8 Å². The molecule has 0 spiro atoms. The molecule has 23 heavy (non-hydrogen) atoms. The molecule has 1 aliphatic rings. The van der Waals surface area contributed by atoms with E-state index in [1.807, 2.05) is 0 Å². The molecule has 1 fully saturated rings. The molecule has 0 unspecified atom stereocenters. The van der Waals surface area contributed by atoms with Crippen LogP contribution >= 0.6 is 0 Å². The Balaban J connectivity index is 2.44. The predicted octanol–water partition coefficient (Wildman–Crippen LogP) is 0.552. The molecule has 0 aromatic heterocycles. The van der Waals surface area contributed by atoms with E-state index in [2.05, 4.69) is 4.74 Å². The van der Waals surface area contributed by atoms with Crippen LogP contribution in [-0.2, 0) is 19.5 Å². The summed E-state index contributed by atoms with van der Waals surface area (Å²) in [6, 6.07) is 4.07. The van der Waals surface area contributed by atoms with Crippen LogP contribution in [0.5, 0.6) is 0 Å². The summed E-state index contributed by atoms with van der Waals surface area (Å²) < 4.78 is 37.3. The van der Waals surface area contributed by atoms with E-state index in [1.165, 1.54) is 23.5 Å². The second-order valence-corrected chi connectivity index (χ2v) is 7.39. The number of rotatable bonds is 4. The van der Waals surface area contributed by atoms with E-state index in [4.69, 9.17) is 4.74 Å². The first kappa shape index (κ1) is 17.9. The normalized spacial score (nSPS) is 22.8. The highest BCUT2D eigenvalue weighted by Gasteiger charge is 2.36. The molecule has 0 radical (unpaired) electrons. The van der Waals surface area contributed by atoms with Gasteiger partial charge in [-0.2, -0.15) is 4.31 Å². The van der Waals surface area contributed by atoms with Crippen LogP contribution in [0, 0.1) is 6.92 Å². The number of aliphatic hydroxyl groups excluding tert-OH is 1. The van der Waals surface area contributed by atoms with Crippen LogP contribution < -0.4 is 0 Å². The van der Waals surface area contributed by atoms with Crippen molar-refractivity contribution >= 4 is 16.0 Å². The fraction of sp³-hybridized carbons (Fsp3) is 0.533. The summed E-state index contributed by atoms with van der Waals surface area (Å²) in [5.74, 6) is -0.593. The number of ether oxygens (including phenoxy) is 2. The number of esters is 1. The SMILES string of the molecule is COC(=O)c1ccc(C)c(S(=O)(=O)N2C[C@@H](CO)OC[C@@H]2C)c1. The second kappa shape index (κ2) is 6.96. The molecule has 0 aliphatic carbocycles. The largest absolute Gasteiger partial charge is 0.465 e. The fourth-order valence-electron chi connectivity index (χ4n) is 2.49. The van der Waals surface area contributed by atoms with E-state index in [1.54, 1.807) is 19.9 Å². The lowest BCUT2D eigenvalue weighted by Gasteiger charge is -2.36. The number of benzene rings is 1. The van der Waals surface area contributed by atoms with Crippen molar-refractivity contribution in [1.29, 1.82) is 0 Å². The van der Waals surface area contributed by atoms with Gasteiger partial charge in [0.25, 0.3) is 0 Å². The van der Waals surface area contributed by atoms with Crippen molar-refractivity contribution in [2.75, 3.05) is 26.9 Å². The molecular formula is C15H21NO6S. The van der Waals surface area contributed by atoms with Gasteiger partial charge in [-0.05, 0) is 31.5 Å². The van der Waals surface area contributed by atoms with Gasteiger partial charge in [0, 0.05) is 12.6 Å². The van der Waals surface area contributed by atoms with Gasteiger partial charge in [0.2, 0.25) is 10.0 Å². The van der Waals surface area contributed by atoms with Crippen LogP contribution in [0.4, 0.5) is 0 Å². The summed E-state index contributed by atoms with van der Waals surface area (Å²) >= 11 is 0.